The molecule has 0 spiro atoms. The standard InChI is InChI=1S/C13H19ClF3N3O/c1-2-4-19-11(3-5-21-8-13(15,16)17)10-6-9(14)7-20-12(10)18/h6-7,11,19H,2-5,8H2,1H3,(H2,18,20). The Bertz CT molecular complexity index is 443. The van der Waals surface area contributed by atoms with Crippen molar-refractivity contribution in [3.05, 3.63) is 22.8 Å². The van der Waals surface area contributed by atoms with Gasteiger partial charge in [-0.25, -0.2) is 4.98 Å². The molecule has 4 nitrogen and oxygen atoms in total. The van der Waals surface area contributed by atoms with E-state index in [4.69, 9.17) is 17.3 Å². The lowest BCUT2D eigenvalue weighted by molar-refractivity contribution is -0.174. The topological polar surface area (TPSA) is 60.2 Å². The van der Waals surface area contributed by atoms with Gasteiger partial charge in [0.05, 0.1) is 5.02 Å². The Balaban J connectivity index is 2.65. The molecule has 0 radical (unpaired) electrons. The van der Waals surface area contributed by atoms with E-state index in [1.165, 1.54) is 6.20 Å². The van der Waals surface area contributed by atoms with Crippen LogP contribution in [0.25, 0.3) is 0 Å². The van der Waals surface area contributed by atoms with Gasteiger partial charge in [0.15, 0.2) is 0 Å². The predicted molar refractivity (Wildman–Crippen MR) is 76.2 cm³/mol. The van der Waals surface area contributed by atoms with Crippen molar-refractivity contribution in [3.63, 3.8) is 0 Å². The Hall–Kier alpha value is -1.05. The fourth-order valence-corrected chi connectivity index (χ4v) is 1.99. The zero-order valence-corrected chi connectivity index (χ0v) is 12.5. The number of halogens is 4. The SMILES string of the molecule is CCCNC(CCOCC(F)(F)F)c1cc(Cl)cnc1N. The number of ether oxygens (including phenoxy) is 1. The summed E-state index contributed by atoms with van der Waals surface area (Å²) in [6.07, 6.45) is -1.66. The summed E-state index contributed by atoms with van der Waals surface area (Å²) >= 11 is 5.89. The lowest BCUT2D eigenvalue weighted by Gasteiger charge is -2.20. The zero-order valence-electron chi connectivity index (χ0n) is 11.7. The second-order valence-electron chi connectivity index (χ2n) is 4.59. The molecule has 1 aromatic heterocycles. The first kappa shape index (κ1) is 18.0. The predicted octanol–water partition coefficient (Wildman–Crippen LogP) is 3.33. The molecular weight excluding hydrogens is 307 g/mol. The Morgan fingerprint density at radius 3 is 2.81 bits per heavy atom. The van der Waals surface area contributed by atoms with Gasteiger partial charge in [-0.3, -0.25) is 0 Å². The van der Waals surface area contributed by atoms with Gasteiger partial charge in [0.2, 0.25) is 0 Å². The van der Waals surface area contributed by atoms with Crippen LogP contribution in [0.3, 0.4) is 0 Å². The van der Waals surface area contributed by atoms with Crippen LogP contribution in [0, 0.1) is 0 Å². The highest BCUT2D eigenvalue weighted by molar-refractivity contribution is 6.30. The number of alkyl halides is 3. The number of aromatic nitrogens is 1. The maximum atomic E-state index is 12.0. The van der Waals surface area contributed by atoms with Crippen molar-refractivity contribution in [2.75, 3.05) is 25.5 Å². The van der Waals surface area contributed by atoms with Crippen LogP contribution in [0.2, 0.25) is 5.02 Å². The fraction of sp³-hybridized carbons (Fsp3) is 0.615. The van der Waals surface area contributed by atoms with Crippen LogP contribution < -0.4 is 11.1 Å². The largest absolute Gasteiger partial charge is 0.411 e. The highest BCUT2D eigenvalue weighted by atomic mass is 35.5. The molecule has 0 aliphatic rings. The maximum absolute atomic E-state index is 12.0. The van der Waals surface area contributed by atoms with Crippen LogP contribution in [0.15, 0.2) is 12.3 Å². The number of nitrogens with one attached hydrogen (secondary N) is 1. The molecule has 0 bridgehead atoms. The minimum atomic E-state index is -4.32. The first-order valence-electron chi connectivity index (χ1n) is 6.62. The summed E-state index contributed by atoms with van der Waals surface area (Å²) in [5.41, 5.74) is 6.48. The molecule has 0 aromatic carbocycles. The van der Waals surface area contributed by atoms with E-state index in [1.807, 2.05) is 6.92 Å². The molecule has 0 saturated carbocycles. The molecular formula is C13H19ClF3N3O. The molecule has 3 N–H and O–H groups in total. The number of hydrogen-bond acceptors (Lipinski definition) is 4. The third-order valence-electron chi connectivity index (χ3n) is 2.75. The van der Waals surface area contributed by atoms with Crippen molar-refractivity contribution < 1.29 is 17.9 Å². The monoisotopic (exact) mass is 325 g/mol. The molecule has 1 heterocycles. The summed E-state index contributed by atoms with van der Waals surface area (Å²) < 4.78 is 40.7. The highest BCUT2D eigenvalue weighted by Gasteiger charge is 2.27. The molecule has 0 aliphatic heterocycles. The van der Waals surface area contributed by atoms with Gasteiger partial charge < -0.3 is 15.8 Å². The van der Waals surface area contributed by atoms with Crippen LogP contribution in [-0.4, -0.2) is 30.9 Å². The van der Waals surface area contributed by atoms with E-state index in [9.17, 15) is 13.2 Å². The van der Waals surface area contributed by atoms with E-state index in [-0.39, 0.29) is 12.6 Å². The summed E-state index contributed by atoms with van der Waals surface area (Å²) in [6, 6.07) is 1.42. The molecule has 8 heteroatoms. The van der Waals surface area contributed by atoms with Gasteiger partial charge in [-0.2, -0.15) is 13.2 Å². The van der Waals surface area contributed by atoms with Gasteiger partial charge in [0.1, 0.15) is 12.4 Å². The first-order valence-corrected chi connectivity index (χ1v) is 7.00. The number of rotatable bonds is 8. The quantitative estimate of drug-likeness (QED) is 0.720. The van der Waals surface area contributed by atoms with E-state index >= 15 is 0 Å². The normalized spacial score (nSPS) is 13.4. The third kappa shape index (κ3) is 6.97. The number of hydrogen-bond donors (Lipinski definition) is 2. The molecule has 1 aromatic rings. The van der Waals surface area contributed by atoms with Gasteiger partial charge in [-0.1, -0.05) is 18.5 Å². The summed E-state index contributed by atoms with van der Waals surface area (Å²) in [7, 11) is 0. The van der Waals surface area contributed by atoms with E-state index < -0.39 is 12.8 Å². The van der Waals surface area contributed by atoms with Crippen molar-refractivity contribution in [2.45, 2.75) is 32.0 Å². The average Bonchev–Trinajstić information content (AvgIpc) is 2.40. The first-order chi connectivity index (χ1) is 9.83. The lowest BCUT2D eigenvalue weighted by Crippen LogP contribution is -2.26. The van der Waals surface area contributed by atoms with Crippen molar-refractivity contribution in [1.29, 1.82) is 0 Å². The summed E-state index contributed by atoms with van der Waals surface area (Å²) in [5, 5.41) is 3.64. The Morgan fingerprint density at radius 2 is 2.19 bits per heavy atom. The van der Waals surface area contributed by atoms with Gasteiger partial charge in [-0.15, -0.1) is 0 Å². The number of nitrogens with two attached hydrogens (primary N) is 1. The second kappa shape index (κ2) is 8.41. The molecule has 0 saturated heterocycles. The van der Waals surface area contributed by atoms with Crippen molar-refractivity contribution in [1.82, 2.24) is 10.3 Å². The fourth-order valence-electron chi connectivity index (χ4n) is 1.82. The van der Waals surface area contributed by atoms with Crippen molar-refractivity contribution in [2.24, 2.45) is 0 Å². The zero-order chi connectivity index (χ0) is 15.9. The number of nitrogens with zero attached hydrogens (tertiary/aromatic N) is 1. The minimum Gasteiger partial charge on any atom is -0.383 e. The number of nitrogen functional groups attached to an aromatic ring is 1. The van der Waals surface area contributed by atoms with Crippen molar-refractivity contribution in [3.8, 4) is 0 Å². The van der Waals surface area contributed by atoms with Crippen LogP contribution >= 0.6 is 11.6 Å². The molecule has 1 unspecified atom stereocenters. The van der Waals surface area contributed by atoms with Gasteiger partial charge in [-0.05, 0) is 25.5 Å². The van der Waals surface area contributed by atoms with Crippen LogP contribution in [-0.2, 0) is 4.74 Å². The lowest BCUT2D eigenvalue weighted by atomic mass is 10.0. The second-order valence-corrected chi connectivity index (χ2v) is 5.03. The molecule has 0 fully saturated rings. The Labute approximate surface area is 126 Å². The number of pyridine rings is 1. The maximum Gasteiger partial charge on any atom is 0.411 e. The summed E-state index contributed by atoms with van der Waals surface area (Å²) in [5.74, 6) is 0.309. The van der Waals surface area contributed by atoms with Gasteiger partial charge in [0.25, 0.3) is 0 Å². The molecule has 120 valence electrons. The van der Waals surface area contributed by atoms with E-state index in [0.717, 1.165) is 6.42 Å². The van der Waals surface area contributed by atoms with Crippen LogP contribution in [0.4, 0.5) is 19.0 Å². The third-order valence-corrected chi connectivity index (χ3v) is 2.96. The molecule has 0 amide bonds. The highest BCUT2D eigenvalue weighted by Crippen LogP contribution is 2.25. The van der Waals surface area contributed by atoms with Gasteiger partial charge in [0, 0.05) is 24.4 Å². The van der Waals surface area contributed by atoms with Crippen molar-refractivity contribution >= 4 is 17.4 Å². The van der Waals surface area contributed by atoms with E-state index in [1.54, 1.807) is 6.07 Å². The van der Waals surface area contributed by atoms with E-state index in [0.29, 0.717) is 29.4 Å². The molecule has 0 aliphatic carbocycles. The van der Waals surface area contributed by atoms with E-state index in [2.05, 4.69) is 15.0 Å². The molecule has 1 atom stereocenters. The Morgan fingerprint density at radius 1 is 1.48 bits per heavy atom. The molecule has 1 rings (SSSR count). The van der Waals surface area contributed by atoms with Crippen LogP contribution in [0.1, 0.15) is 31.4 Å². The summed E-state index contributed by atoms with van der Waals surface area (Å²) in [4.78, 5) is 3.96. The summed E-state index contributed by atoms with van der Waals surface area (Å²) in [6.45, 7) is 1.41. The molecule has 21 heavy (non-hydrogen) atoms. The van der Waals surface area contributed by atoms with Gasteiger partial charge >= 0.3 is 6.18 Å². The minimum absolute atomic E-state index is 0.0349. The number of anilines is 1. The van der Waals surface area contributed by atoms with Crippen LogP contribution in [0.5, 0.6) is 0 Å². The Kier molecular flexibility index (Phi) is 7.21. The average molecular weight is 326 g/mol. The smallest absolute Gasteiger partial charge is 0.383 e.